The van der Waals surface area contributed by atoms with E-state index in [9.17, 15) is 0 Å². The molecule has 1 aliphatic carbocycles. The van der Waals surface area contributed by atoms with Crippen LogP contribution in [0.2, 0.25) is 0 Å². The molecule has 12 heavy (non-hydrogen) atoms. The molecule has 0 N–H and O–H groups in total. The molecular formula is C10H19BrO. The van der Waals surface area contributed by atoms with Crippen LogP contribution < -0.4 is 0 Å². The van der Waals surface area contributed by atoms with Crippen molar-refractivity contribution in [2.75, 3.05) is 13.7 Å². The van der Waals surface area contributed by atoms with E-state index in [1.807, 2.05) is 0 Å². The third kappa shape index (κ3) is 3.44. The molecule has 0 aromatic carbocycles. The largest absolute Gasteiger partial charge is 0.385 e. The maximum atomic E-state index is 5.05. The summed E-state index contributed by atoms with van der Waals surface area (Å²) in [5.41, 5.74) is 0. The van der Waals surface area contributed by atoms with Gasteiger partial charge in [-0.1, -0.05) is 28.8 Å². The van der Waals surface area contributed by atoms with E-state index in [1.54, 1.807) is 7.11 Å². The van der Waals surface area contributed by atoms with Gasteiger partial charge in [-0.15, -0.1) is 0 Å². The van der Waals surface area contributed by atoms with Gasteiger partial charge in [0.05, 0.1) is 0 Å². The van der Waals surface area contributed by atoms with E-state index in [1.165, 1.54) is 38.5 Å². The summed E-state index contributed by atoms with van der Waals surface area (Å²) in [7, 11) is 1.78. The van der Waals surface area contributed by atoms with Crippen LogP contribution in [0, 0.1) is 5.92 Å². The van der Waals surface area contributed by atoms with Gasteiger partial charge in [0.15, 0.2) is 0 Å². The Bertz CT molecular complexity index is 116. The van der Waals surface area contributed by atoms with Crippen LogP contribution in [0.25, 0.3) is 0 Å². The first-order valence-corrected chi connectivity index (χ1v) is 5.89. The minimum atomic E-state index is 0.781. The Morgan fingerprint density at radius 1 is 1.33 bits per heavy atom. The Kier molecular flexibility index (Phi) is 5.24. The summed E-state index contributed by atoms with van der Waals surface area (Å²) in [4.78, 5) is 0.781. The average molecular weight is 235 g/mol. The molecule has 1 fully saturated rings. The highest BCUT2D eigenvalue weighted by Crippen LogP contribution is 2.32. The third-order valence-corrected chi connectivity index (χ3v) is 3.95. The zero-order valence-corrected chi connectivity index (χ0v) is 9.48. The lowest BCUT2D eigenvalue weighted by Gasteiger charge is -2.27. The second-order valence-electron chi connectivity index (χ2n) is 3.70. The number of ether oxygens (including phenoxy) is 1. The second kappa shape index (κ2) is 5.98. The van der Waals surface area contributed by atoms with Crippen LogP contribution >= 0.6 is 15.9 Å². The molecule has 0 heterocycles. The van der Waals surface area contributed by atoms with E-state index >= 15 is 0 Å². The van der Waals surface area contributed by atoms with E-state index in [-0.39, 0.29) is 0 Å². The van der Waals surface area contributed by atoms with Gasteiger partial charge >= 0.3 is 0 Å². The fourth-order valence-corrected chi connectivity index (χ4v) is 2.83. The zero-order chi connectivity index (χ0) is 8.81. The van der Waals surface area contributed by atoms with Crippen molar-refractivity contribution in [1.82, 2.24) is 0 Å². The molecule has 2 unspecified atom stereocenters. The van der Waals surface area contributed by atoms with E-state index < -0.39 is 0 Å². The number of methoxy groups -OCH3 is 1. The smallest absolute Gasteiger partial charge is 0.0462 e. The quantitative estimate of drug-likeness (QED) is 0.536. The molecule has 0 aliphatic heterocycles. The van der Waals surface area contributed by atoms with Gasteiger partial charge < -0.3 is 4.74 Å². The summed E-state index contributed by atoms with van der Waals surface area (Å²) in [5, 5.41) is 0. The van der Waals surface area contributed by atoms with Gasteiger partial charge in [0, 0.05) is 18.5 Å². The van der Waals surface area contributed by atoms with Gasteiger partial charge in [-0.05, 0) is 31.6 Å². The molecule has 2 atom stereocenters. The normalized spacial score (nSPS) is 30.5. The second-order valence-corrected chi connectivity index (χ2v) is 4.87. The Morgan fingerprint density at radius 2 is 2.08 bits per heavy atom. The fourth-order valence-electron chi connectivity index (χ4n) is 1.98. The van der Waals surface area contributed by atoms with Gasteiger partial charge in [0.2, 0.25) is 0 Å². The SMILES string of the molecule is COCCCC1CCCCC1Br. The van der Waals surface area contributed by atoms with Crippen LogP contribution in [0.5, 0.6) is 0 Å². The predicted molar refractivity (Wildman–Crippen MR) is 55.8 cm³/mol. The minimum absolute atomic E-state index is 0.781. The number of hydrogen-bond donors (Lipinski definition) is 0. The van der Waals surface area contributed by atoms with Crippen molar-refractivity contribution in [3.63, 3.8) is 0 Å². The van der Waals surface area contributed by atoms with Crippen molar-refractivity contribution in [3.8, 4) is 0 Å². The van der Waals surface area contributed by atoms with Crippen molar-refractivity contribution < 1.29 is 4.74 Å². The van der Waals surface area contributed by atoms with Crippen LogP contribution in [-0.2, 0) is 4.74 Å². The zero-order valence-electron chi connectivity index (χ0n) is 7.89. The predicted octanol–water partition coefficient (Wildman–Crippen LogP) is 3.37. The molecule has 0 bridgehead atoms. The Balaban J connectivity index is 2.11. The monoisotopic (exact) mass is 234 g/mol. The first-order chi connectivity index (χ1) is 5.84. The molecule has 0 spiro atoms. The summed E-state index contributed by atoms with van der Waals surface area (Å²) < 4.78 is 5.05. The van der Waals surface area contributed by atoms with Gasteiger partial charge in [-0.3, -0.25) is 0 Å². The molecule has 1 aliphatic rings. The Hall–Kier alpha value is 0.440. The van der Waals surface area contributed by atoms with E-state index in [0.29, 0.717) is 0 Å². The summed E-state index contributed by atoms with van der Waals surface area (Å²) in [5.74, 6) is 0.911. The van der Waals surface area contributed by atoms with Gasteiger partial charge in [0.1, 0.15) is 0 Å². The summed E-state index contributed by atoms with van der Waals surface area (Å²) in [6.45, 7) is 0.927. The first kappa shape index (κ1) is 10.5. The topological polar surface area (TPSA) is 9.23 Å². The molecule has 0 radical (unpaired) electrons. The summed E-state index contributed by atoms with van der Waals surface area (Å²) >= 11 is 3.77. The standard InChI is InChI=1S/C10H19BrO/c1-12-8-4-6-9-5-2-3-7-10(9)11/h9-10H,2-8H2,1H3. The van der Waals surface area contributed by atoms with Gasteiger partial charge in [-0.25, -0.2) is 0 Å². The van der Waals surface area contributed by atoms with E-state index in [4.69, 9.17) is 4.74 Å². The number of rotatable bonds is 4. The lowest BCUT2D eigenvalue weighted by atomic mass is 9.86. The Labute approximate surface area is 84.0 Å². The number of halogens is 1. The van der Waals surface area contributed by atoms with E-state index in [2.05, 4.69) is 15.9 Å². The van der Waals surface area contributed by atoms with Crippen LogP contribution in [0.4, 0.5) is 0 Å². The maximum Gasteiger partial charge on any atom is 0.0462 e. The molecular weight excluding hydrogens is 216 g/mol. The van der Waals surface area contributed by atoms with Crippen molar-refractivity contribution in [2.24, 2.45) is 5.92 Å². The lowest BCUT2D eigenvalue weighted by Crippen LogP contribution is -2.19. The first-order valence-electron chi connectivity index (χ1n) is 4.97. The van der Waals surface area contributed by atoms with Crippen LogP contribution in [0.3, 0.4) is 0 Å². The number of hydrogen-bond acceptors (Lipinski definition) is 1. The summed E-state index contributed by atoms with van der Waals surface area (Å²) in [6.07, 6.45) is 8.20. The van der Waals surface area contributed by atoms with Crippen molar-refractivity contribution in [2.45, 2.75) is 43.4 Å². The highest BCUT2D eigenvalue weighted by atomic mass is 79.9. The highest BCUT2D eigenvalue weighted by Gasteiger charge is 2.21. The van der Waals surface area contributed by atoms with Crippen molar-refractivity contribution in [1.29, 1.82) is 0 Å². The van der Waals surface area contributed by atoms with Gasteiger partial charge in [-0.2, -0.15) is 0 Å². The summed E-state index contributed by atoms with van der Waals surface area (Å²) in [6, 6.07) is 0. The van der Waals surface area contributed by atoms with Crippen LogP contribution in [0.15, 0.2) is 0 Å². The Morgan fingerprint density at radius 3 is 2.75 bits per heavy atom. The molecule has 2 heteroatoms. The lowest BCUT2D eigenvalue weighted by molar-refractivity contribution is 0.183. The van der Waals surface area contributed by atoms with Crippen LogP contribution in [0.1, 0.15) is 38.5 Å². The molecule has 1 nitrogen and oxygen atoms in total. The highest BCUT2D eigenvalue weighted by molar-refractivity contribution is 9.09. The fraction of sp³-hybridized carbons (Fsp3) is 1.00. The molecule has 0 saturated heterocycles. The molecule has 1 saturated carbocycles. The molecule has 72 valence electrons. The van der Waals surface area contributed by atoms with Crippen molar-refractivity contribution in [3.05, 3.63) is 0 Å². The minimum Gasteiger partial charge on any atom is -0.385 e. The molecule has 0 amide bonds. The van der Waals surface area contributed by atoms with Crippen molar-refractivity contribution >= 4 is 15.9 Å². The van der Waals surface area contributed by atoms with Crippen LogP contribution in [-0.4, -0.2) is 18.5 Å². The molecule has 0 aromatic rings. The van der Waals surface area contributed by atoms with Gasteiger partial charge in [0.25, 0.3) is 0 Å². The number of alkyl halides is 1. The van der Waals surface area contributed by atoms with E-state index in [0.717, 1.165) is 17.4 Å². The molecule has 1 rings (SSSR count). The maximum absolute atomic E-state index is 5.05. The third-order valence-electron chi connectivity index (χ3n) is 2.74. The molecule has 0 aromatic heterocycles. The average Bonchev–Trinajstić information content (AvgIpc) is 2.09.